The van der Waals surface area contributed by atoms with Crippen molar-refractivity contribution in [1.29, 1.82) is 0 Å². The second kappa shape index (κ2) is 7.87. The lowest BCUT2D eigenvalue weighted by atomic mass is 10.1. The minimum Gasteiger partial charge on any atom is -0.449 e. The number of pyridine rings is 1. The number of esters is 1. The summed E-state index contributed by atoms with van der Waals surface area (Å²) in [5.41, 5.74) is 1.15. The fourth-order valence-electron chi connectivity index (χ4n) is 2.68. The molecule has 0 aliphatic heterocycles. The van der Waals surface area contributed by atoms with Crippen LogP contribution in [0.2, 0.25) is 0 Å². The Morgan fingerprint density at radius 2 is 1.71 bits per heavy atom. The van der Waals surface area contributed by atoms with Gasteiger partial charge in [-0.1, -0.05) is 18.2 Å². The Morgan fingerprint density at radius 1 is 1.04 bits per heavy atom. The van der Waals surface area contributed by atoms with Gasteiger partial charge in [0.05, 0.1) is 5.56 Å². The number of ketones is 1. The van der Waals surface area contributed by atoms with Crippen molar-refractivity contribution >= 4 is 34.3 Å². The van der Waals surface area contributed by atoms with Crippen molar-refractivity contribution in [2.24, 2.45) is 0 Å². The molecule has 7 nitrogen and oxygen atoms in total. The Morgan fingerprint density at radius 3 is 2.39 bits per heavy atom. The predicted octanol–water partition coefficient (Wildman–Crippen LogP) is 2.91. The van der Waals surface area contributed by atoms with E-state index in [1.54, 1.807) is 48.5 Å². The largest absolute Gasteiger partial charge is 0.449 e. The highest BCUT2D eigenvalue weighted by atomic mass is 16.5. The molecule has 1 aromatic heterocycles. The summed E-state index contributed by atoms with van der Waals surface area (Å²) in [5, 5.41) is 3.15. The van der Waals surface area contributed by atoms with Crippen LogP contribution in [0.4, 0.5) is 5.69 Å². The number of benzene rings is 2. The van der Waals surface area contributed by atoms with Gasteiger partial charge in [-0.05, 0) is 44.2 Å². The number of carbonyl (C=O) groups excluding carboxylic acids is 3. The quantitative estimate of drug-likeness (QED) is 0.525. The summed E-state index contributed by atoms with van der Waals surface area (Å²) in [7, 11) is 0. The third-order valence-corrected chi connectivity index (χ3v) is 4.18. The summed E-state index contributed by atoms with van der Waals surface area (Å²) >= 11 is 0. The lowest BCUT2D eigenvalue weighted by Crippen LogP contribution is -2.30. The van der Waals surface area contributed by atoms with E-state index >= 15 is 0 Å². The number of Topliss-reactive ketones (excluding diaryl/α,β-unsaturated/α-hetero) is 1. The summed E-state index contributed by atoms with van der Waals surface area (Å²) in [6.07, 6.45) is -1.09. The van der Waals surface area contributed by atoms with Crippen molar-refractivity contribution in [3.05, 3.63) is 76.1 Å². The van der Waals surface area contributed by atoms with E-state index in [2.05, 4.69) is 10.3 Å². The molecule has 2 N–H and O–H groups in total. The zero-order chi connectivity index (χ0) is 20.3. The number of hydrogen-bond donors (Lipinski definition) is 2. The van der Waals surface area contributed by atoms with E-state index in [1.807, 2.05) is 0 Å². The van der Waals surface area contributed by atoms with E-state index in [0.29, 0.717) is 22.2 Å². The molecule has 2 aromatic carbocycles. The molecular weight excluding hydrogens is 360 g/mol. The van der Waals surface area contributed by atoms with Crippen LogP contribution in [0.15, 0.2) is 59.4 Å². The molecule has 0 fully saturated rings. The zero-order valence-corrected chi connectivity index (χ0v) is 15.3. The van der Waals surface area contributed by atoms with E-state index in [9.17, 15) is 19.2 Å². The number of aromatic nitrogens is 1. The first kappa shape index (κ1) is 19.0. The zero-order valence-electron chi connectivity index (χ0n) is 15.3. The van der Waals surface area contributed by atoms with E-state index in [1.165, 1.54) is 13.8 Å². The van der Waals surface area contributed by atoms with Crippen LogP contribution < -0.4 is 10.9 Å². The van der Waals surface area contributed by atoms with Gasteiger partial charge in [-0.3, -0.25) is 14.4 Å². The average molecular weight is 378 g/mol. The number of rotatable bonds is 5. The monoisotopic (exact) mass is 378 g/mol. The second-order valence-corrected chi connectivity index (χ2v) is 6.26. The molecule has 7 heteroatoms. The van der Waals surface area contributed by atoms with Crippen molar-refractivity contribution in [2.75, 3.05) is 5.32 Å². The van der Waals surface area contributed by atoms with Gasteiger partial charge < -0.3 is 15.0 Å². The number of anilines is 1. The summed E-state index contributed by atoms with van der Waals surface area (Å²) in [4.78, 5) is 50.5. The molecule has 0 aliphatic carbocycles. The maximum atomic E-state index is 12.5. The van der Waals surface area contributed by atoms with Gasteiger partial charge in [-0.2, -0.15) is 0 Å². The van der Waals surface area contributed by atoms with Gasteiger partial charge in [-0.25, -0.2) is 4.79 Å². The molecule has 1 heterocycles. The Labute approximate surface area is 160 Å². The van der Waals surface area contributed by atoms with E-state index in [-0.39, 0.29) is 11.3 Å². The van der Waals surface area contributed by atoms with Gasteiger partial charge in [0.2, 0.25) is 5.56 Å². The molecular formula is C21H18N2O5. The molecule has 0 radical (unpaired) electrons. The number of nitrogens with one attached hydrogen (secondary N) is 2. The number of H-pyrrole nitrogens is 1. The molecule has 0 unspecified atom stereocenters. The number of para-hydroxylation sites is 1. The second-order valence-electron chi connectivity index (χ2n) is 6.26. The van der Waals surface area contributed by atoms with Crippen LogP contribution in [0.5, 0.6) is 0 Å². The molecule has 0 spiro atoms. The van der Waals surface area contributed by atoms with Crippen LogP contribution in [0.25, 0.3) is 10.9 Å². The highest BCUT2D eigenvalue weighted by Gasteiger charge is 2.21. The molecule has 0 aliphatic rings. The highest BCUT2D eigenvalue weighted by molar-refractivity contribution is 6.04. The molecule has 0 saturated carbocycles. The third-order valence-electron chi connectivity index (χ3n) is 4.18. The maximum absolute atomic E-state index is 12.5. The molecule has 1 atom stereocenters. The highest BCUT2D eigenvalue weighted by Crippen LogP contribution is 2.17. The average Bonchev–Trinajstić information content (AvgIpc) is 2.67. The van der Waals surface area contributed by atoms with Crippen LogP contribution in [0.3, 0.4) is 0 Å². The van der Waals surface area contributed by atoms with Gasteiger partial charge in [0.1, 0.15) is 0 Å². The number of ether oxygens (including phenoxy) is 1. The van der Waals surface area contributed by atoms with E-state index in [0.717, 1.165) is 6.07 Å². The van der Waals surface area contributed by atoms with E-state index < -0.39 is 23.5 Å². The number of aromatic amines is 1. The van der Waals surface area contributed by atoms with Gasteiger partial charge in [-0.15, -0.1) is 0 Å². The Bertz CT molecular complexity index is 1120. The van der Waals surface area contributed by atoms with Crippen LogP contribution in [0.1, 0.15) is 34.6 Å². The topological polar surface area (TPSA) is 105 Å². The van der Waals surface area contributed by atoms with Gasteiger partial charge in [0.25, 0.3) is 5.91 Å². The number of hydrogen-bond acceptors (Lipinski definition) is 5. The molecule has 142 valence electrons. The molecule has 3 aromatic rings. The number of fused-ring (bicyclic) bond motifs is 1. The van der Waals surface area contributed by atoms with Gasteiger partial charge in [0.15, 0.2) is 11.9 Å². The fourth-order valence-corrected chi connectivity index (χ4v) is 2.68. The predicted molar refractivity (Wildman–Crippen MR) is 105 cm³/mol. The Balaban J connectivity index is 1.73. The fraction of sp³-hybridized carbons (Fsp3) is 0.143. The molecule has 28 heavy (non-hydrogen) atoms. The van der Waals surface area contributed by atoms with Gasteiger partial charge >= 0.3 is 5.97 Å². The molecule has 0 saturated heterocycles. The summed E-state index contributed by atoms with van der Waals surface area (Å²) < 4.78 is 5.24. The van der Waals surface area contributed by atoms with E-state index in [4.69, 9.17) is 4.74 Å². The lowest BCUT2D eigenvalue weighted by molar-refractivity contribution is -0.123. The third kappa shape index (κ3) is 4.15. The van der Waals surface area contributed by atoms with Gasteiger partial charge in [0, 0.05) is 28.2 Å². The number of amides is 1. The standard InChI is InChI=1S/C21H18N2O5/c1-12(24)14-7-9-15(10-8-14)22-20(26)13(2)28-21(27)17-11-19(25)23-18-6-4-3-5-16(17)18/h3-11,13H,1-2H3,(H,22,26)(H,23,25)/t13-/m1/s1. The minimum absolute atomic E-state index is 0.0785. The molecule has 3 rings (SSSR count). The lowest BCUT2D eigenvalue weighted by Gasteiger charge is -2.14. The minimum atomic E-state index is -1.09. The molecule has 0 bridgehead atoms. The van der Waals surface area contributed by atoms with Crippen LogP contribution >= 0.6 is 0 Å². The summed E-state index contributed by atoms with van der Waals surface area (Å²) in [6.45, 7) is 2.89. The van der Waals surface area contributed by atoms with Crippen LogP contribution in [-0.4, -0.2) is 28.7 Å². The summed E-state index contributed by atoms with van der Waals surface area (Å²) in [5.74, 6) is -1.37. The first-order valence-electron chi connectivity index (χ1n) is 8.60. The normalized spacial score (nSPS) is 11.6. The van der Waals surface area contributed by atoms with Crippen LogP contribution in [-0.2, 0) is 9.53 Å². The van der Waals surface area contributed by atoms with Crippen molar-refractivity contribution in [3.63, 3.8) is 0 Å². The van der Waals surface area contributed by atoms with Crippen molar-refractivity contribution in [3.8, 4) is 0 Å². The maximum Gasteiger partial charge on any atom is 0.339 e. The first-order chi connectivity index (χ1) is 13.3. The first-order valence-corrected chi connectivity index (χ1v) is 8.60. The van der Waals surface area contributed by atoms with Crippen molar-refractivity contribution < 1.29 is 19.1 Å². The smallest absolute Gasteiger partial charge is 0.339 e. The van der Waals surface area contributed by atoms with Crippen molar-refractivity contribution in [2.45, 2.75) is 20.0 Å². The number of carbonyl (C=O) groups is 3. The SMILES string of the molecule is CC(=O)c1ccc(NC(=O)[C@@H](C)OC(=O)c2cc(=O)[nH]c3ccccc23)cc1. The summed E-state index contributed by atoms with van der Waals surface area (Å²) in [6, 6.07) is 14.3. The Kier molecular flexibility index (Phi) is 5.35. The Hall–Kier alpha value is -3.74. The van der Waals surface area contributed by atoms with Crippen LogP contribution in [0, 0.1) is 0 Å². The molecule has 1 amide bonds. The van der Waals surface area contributed by atoms with Crippen molar-refractivity contribution in [1.82, 2.24) is 4.98 Å².